The molecule has 0 fully saturated rings. The van der Waals surface area contributed by atoms with Gasteiger partial charge in [-0.05, 0) is 12.0 Å². The summed E-state index contributed by atoms with van der Waals surface area (Å²) in [5, 5.41) is 8.62. The van der Waals surface area contributed by atoms with E-state index in [0.29, 0.717) is 5.56 Å². The van der Waals surface area contributed by atoms with E-state index in [1.807, 2.05) is 0 Å². The zero-order valence-corrected chi connectivity index (χ0v) is 8.96. The number of rotatable bonds is 4. The second-order valence-corrected chi connectivity index (χ2v) is 3.48. The Hall–Kier alpha value is -1.65. The highest BCUT2D eigenvalue weighted by Crippen LogP contribution is 2.32. The standard InChI is InChI=1S/C11H12F2O3/c1-6(5-9(14)15)7-3-4-8(12)10(13)11(7)16-2/h3-4,6H,5H2,1-2H3,(H,14,15). The number of methoxy groups -OCH3 is 1. The smallest absolute Gasteiger partial charge is 0.303 e. The van der Waals surface area contributed by atoms with Gasteiger partial charge in [0.15, 0.2) is 11.6 Å². The monoisotopic (exact) mass is 230 g/mol. The van der Waals surface area contributed by atoms with Crippen LogP contribution in [0.2, 0.25) is 0 Å². The molecule has 0 saturated carbocycles. The molecule has 0 radical (unpaired) electrons. The second kappa shape index (κ2) is 4.92. The molecule has 1 rings (SSSR count). The van der Waals surface area contributed by atoms with Crippen molar-refractivity contribution in [2.24, 2.45) is 0 Å². The third-order valence-corrected chi connectivity index (χ3v) is 2.30. The van der Waals surface area contributed by atoms with Crippen molar-refractivity contribution in [1.82, 2.24) is 0 Å². The first-order valence-electron chi connectivity index (χ1n) is 4.71. The Balaban J connectivity index is 3.13. The van der Waals surface area contributed by atoms with Crippen molar-refractivity contribution in [2.45, 2.75) is 19.3 Å². The van der Waals surface area contributed by atoms with Gasteiger partial charge in [-0.15, -0.1) is 0 Å². The lowest BCUT2D eigenvalue weighted by molar-refractivity contribution is -0.137. The topological polar surface area (TPSA) is 46.5 Å². The number of aliphatic carboxylic acids is 1. The minimum Gasteiger partial charge on any atom is -0.493 e. The number of carboxylic acids is 1. The van der Waals surface area contributed by atoms with Gasteiger partial charge in [-0.1, -0.05) is 13.0 Å². The molecule has 0 heterocycles. The lowest BCUT2D eigenvalue weighted by Gasteiger charge is -2.14. The molecule has 1 N–H and O–H groups in total. The van der Waals surface area contributed by atoms with Crippen molar-refractivity contribution < 1.29 is 23.4 Å². The molecule has 0 aliphatic heterocycles. The average molecular weight is 230 g/mol. The van der Waals surface area contributed by atoms with Crippen LogP contribution < -0.4 is 4.74 Å². The summed E-state index contributed by atoms with van der Waals surface area (Å²) in [5.74, 6) is -3.77. The third-order valence-electron chi connectivity index (χ3n) is 2.30. The zero-order valence-electron chi connectivity index (χ0n) is 8.96. The van der Waals surface area contributed by atoms with Gasteiger partial charge < -0.3 is 9.84 Å². The fraction of sp³-hybridized carbons (Fsp3) is 0.364. The third kappa shape index (κ3) is 2.48. The van der Waals surface area contributed by atoms with Gasteiger partial charge in [0.1, 0.15) is 0 Å². The summed E-state index contributed by atoms with van der Waals surface area (Å²) in [7, 11) is 1.22. The molecule has 0 aromatic heterocycles. The Bertz CT molecular complexity index is 404. The van der Waals surface area contributed by atoms with Gasteiger partial charge in [-0.3, -0.25) is 4.79 Å². The fourth-order valence-electron chi connectivity index (χ4n) is 1.51. The number of carboxylic acid groups (broad SMARTS) is 1. The van der Waals surface area contributed by atoms with E-state index >= 15 is 0 Å². The van der Waals surface area contributed by atoms with Crippen LogP contribution >= 0.6 is 0 Å². The first kappa shape index (κ1) is 12.4. The molecule has 5 heteroatoms. The van der Waals surface area contributed by atoms with Crippen molar-refractivity contribution in [3.63, 3.8) is 0 Å². The molecule has 1 aromatic carbocycles. The van der Waals surface area contributed by atoms with Crippen LogP contribution in [0.15, 0.2) is 12.1 Å². The molecule has 0 aliphatic carbocycles. The largest absolute Gasteiger partial charge is 0.493 e. The normalized spacial score (nSPS) is 12.2. The van der Waals surface area contributed by atoms with E-state index in [1.54, 1.807) is 6.92 Å². The number of ether oxygens (including phenoxy) is 1. The summed E-state index contributed by atoms with van der Waals surface area (Å²) in [5.41, 5.74) is 0.351. The Morgan fingerprint density at radius 3 is 2.62 bits per heavy atom. The minimum absolute atomic E-state index is 0.165. The lowest BCUT2D eigenvalue weighted by Crippen LogP contribution is -2.06. The fourth-order valence-corrected chi connectivity index (χ4v) is 1.51. The molecule has 0 amide bonds. The van der Waals surface area contributed by atoms with Gasteiger partial charge >= 0.3 is 5.97 Å². The molecule has 0 spiro atoms. The van der Waals surface area contributed by atoms with E-state index in [-0.39, 0.29) is 12.2 Å². The highest BCUT2D eigenvalue weighted by atomic mass is 19.2. The van der Waals surface area contributed by atoms with Crippen LogP contribution in [0.25, 0.3) is 0 Å². The van der Waals surface area contributed by atoms with Gasteiger partial charge in [0.05, 0.1) is 13.5 Å². The average Bonchev–Trinajstić information content (AvgIpc) is 2.20. The van der Waals surface area contributed by atoms with Crippen LogP contribution in [-0.4, -0.2) is 18.2 Å². The van der Waals surface area contributed by atoms with E-state index in [2.05, 4.69) is 0 Å². The number of hydrogen-bond donors (Lipinski definition) is 1. The molecule has 16 heavy (non-hydrogen) atoms. The van der Waals surface area contributed by atoms with Crippen LogP contribution in [0.4, 0.5) is 8.78 Å². The van der Waals surface area contributed by atoms with Crippen LogP contribution in [0.1, 0.15) is 24.8 Å². The van der Waals surface area contributed by atoms with Crippen molar-refractivity contribution in [3.05, 3.63) is 29.3 Å². The molecule has 1 aromatic rings. The summed E-state index contributed by atoms with van der Waals surface area (Å²) >= 11 is 0. The van der Waals surface area contributed by atoms with Gasteiger partial charge in [0.2, 0.25) is 5.82 Å². The van der Waals surface area contributed by atoms with Crippen molar-refractivity contribution >= 4 is 5.97 Å². The van der Waals surface area contributed by atoms with E-state index in [9.17, 15) is 13.6 Å². The summed E-state index contributed by atoms with van der Waals surface area (Å²) in [4.78, 5) is 10.5. The Labute approximate surface area is 91.7 Å². The highest BCUT2D eigenvalue weighted by molar-refractivity contribution is 5.68. The number of benzene rings is 1. The number of hydrogen-bond acceptors (Lipinski definition) is 2. The number of halogens is 2. The molecule has 0 bridgehead atoms. The van der Waals surface area contributed by atoms with Crippen LogP contribution in [0.5, 0.6) is 5.75 Å². The van der Waals surface area contributed by atoms with E-state index < -0.39 is 23.5 Å². The molecule has 3 nitrogen and oxygen atoms in total. The van der Waals surface area contributed by atoms with Crippen LogP contribution in [0.3, 0.4) is 0 Å². The summed E-state index contributed by atoms with van der Waals surface area (Å²) in [6, 6.07) is 2.30. The molecule has 0 aliphatic rings. The number of carbonyl (C=O) groups is 1. The Morgan fingerprint density at radius 1 is 1.50 bits per heavy atom. The molecule has 88 valence electrons. The van der Waals surface area contributed by atoms with E-state index in [1.165, 1.54) is 13.2 Å². The summed E-state index contributed by atoms with van der Waals surface area (Å²) < 4.78 is 31.0. The predicted molar refractivity (Wildman–Crippen MR) is 53.6 cm³/mol. The zero-order chi connectivity index (χ0) is 12.3. The van der Waals surface area contributed by atoms with Crippen molar-refractivity contribution in [1.29, 1.82) is 0 Å². The second-order valence-electron chi connectivity index (χ2n) is 3.48. The van der Waals surface area contributed by atoms with E-state index in [0.717, 1.165) is 6.07 Å². The van der Waals surface area contributed by atoms with Crippen LogP contribution in [-0.2, 0) is 4.79 Å². The van der Waals surface area contributed by atoms with Gasteiger partial charge in [-0.25, -0.2) is 4.39 Å². The molecular weight excluding hydrogens is 218 g/mol. The maximum atomic E-state index is 13.3. The summed E-state index contributed by atoms with van der Waals surface area (Å²) in [6.45, 7) is 1.61. The summed E-state index contributed by atoms with van der Waals surface area (Å²) in [6.07, 6.45) is -0.165. The minimum atomic E-state index is -1.09. The van der Waals surface area contributed by atoms with Crippen LogP contribution in [0, 0.1) is 11.6 Å². The lowest BCUT2D eigenvalue weighted by atomic mass is 9.96. The molecule has 1 unspecified atom stereocenters. The predicted octanol–water partition coefficient (Wildman–Crippen LogP) is 2.55. The maximum Gasteiger partial charge on any atom is 0.303 e. The Kier molecular flexibility index (Phi) is 3.82. The van der Waals surface area contributed by atoms with Gasteiger partial charge in [-0.2, -0.15) is 4.39 Å². The Morgan fingerprint density at radius 2 is 2.12 bits per heavy atom. The first-order chi connectivity index (χ1) is 7.47. The van der Waals surface area contributed by atoms with Crippen molar-refractivity contribution in [3.8, 4) is 5.75 Å². The van der Waals surface area contributed by atoms with E-state index in [4.69, 9.17) is 9.84 Å². The van der Waals surface area contributed by atoms with Crippen molar-refractivity contribution in [2.75, 3.05) is 7.11 Å². The maximum absolute atomic E-state index is 13.3. The molecular formula is C11H12F2O3. The first-order valence-corrected chi connectivity index (χ1v) is 4.71. The van der Waals surface area contributed by atoms with Gasteiger partial charge in [0.25, 0.3) is 0 Å². The highest BCUT2D eigenvalue weighted by Gasteiger charge is 2.20. The molecule has 1 atom stereocenters. The quantitative estimate of drug-likeness (QED) is 0.864. The molecule has 0 saturated heterocycles. The SMILES string of the molecule is COc1c(C(C)CC(=O)O)ccc(F)c1F. The van der Waals surface area contributed by atoms with Gasteiger partial charge in [0, 0.05) is 5.56 Å².